The first-order valence-corrected chi connectivity index (χ1v) is 6.05. The van der Waals surface area contributed by atoms with Gasteiger partial charge in [-0.15, -0.1) is 0 Å². The summed E-state index contributed by atoms with van der Waals surface area (Å²) < 4.78 is 0. The summed E-state index contributed by atoms with van der Waals surface area (Å²) in [5, 5.41) is 3.55. The van der Waals surface area contributed by atoms with Crippen LogP contribution in [0.1, 0.15) is 59.3 Å². The van der Waals surface area contributed by atoms with Crippen molar-refractivity contribution < 1.29 is 0 Å². The molecule has 0 fully saturated rings. The van der Waals surface area contributed by atoms with Crippen LogP contribution in [0, 0.1) is 5.92 Å². The predicted octanol–water partition coefficient (Wildman–Crippen LogP) is 3.59. The Morgan fingerprint density at radius 2 is 1.69 bits per heavy atom. The molecule has 1 unspecified atom stereocenters. The van der Waals surface area contributed by atoms with E-state index in [-0.39, 0.29) is 0 Å². The third kappa shape index (κ3) is 8.29. The van der Waals surface area contributed by atoms with E-state index in [4.69, 9.17) is 0 Å². The van der Waals surface area contributed by atoms with Gasteiger partial charge < -0.3 is 5.32 Å². The largest absolute Gasteiger partial charge is 0.316 e. The van der Waals surface area contributed by atoms with Crippen molar-refractivity contribution in [2.45, 2.75) is 59.3 Å². The first-order valence-electron chi connectivity index (χ1n) is 6.05. The predicted molar refractivity (Wildman–Crippen MR) is 61.1 cm³/mol. The summed E-state index contributed by atoms with van der Waals surface area (Å²) in [6.07, 6.45) is 8.10. The molecule has 0 bridgehead atoms. The van der Waals surface area contributed by atoms with Gasteiger partial charge in [-0.25, -0.2) is 0 Å². The van der Waals surface area contributed by atoms with Gasteiger partial charge in [-0.05, 0) is 31.8 Å². The fraction of sp³-hybridized carbons (Fsp3) is 1.00. The number of hydrogen-bond donors (Lipinski definition) is 1. The summed E-state index contributed by atoms with van der Waals surface area (Å²) in [5.74, 6) is 0.914. The lowest BCUT2D eigenvalue weighted by atomic mass is 9.99. The lowest BCUT2D eigenvalue weighted by Crippen LogP contribution is -2.23. The highest BCUT2D eigenvalue weighted by atomic mass is 14.8. The molecule has 0 heterocycles. The minimum Gasteiger partial charge on any atom is -0.316 e. The summed E-state index contributed by atoms with van der Waals surface area (Å²) in [6, 6.07) is 0. The monoisotopic (exact) mass is 185 g/mol. The Morgan fingerprint density at radius 1 is 1.00 bits per heavy atom. The Bertz CT molecular complexity index is 91.1. The smallest absolute Gasteiger partial charge is 0.00206 e. The average Bonchev–Trinajstić information content (AvgIpc) is 2.17. The molecule has 0 radical (unpaired) electrons. The molecule has 0 amide bonds. The van der Waals surface area contributed by atoms with Gasteiger partial charge in [0.05, 0.1) is 0 Å². The van der Waals surface area contributed by atoms with Crippen molar-refractivity contribution >= 4 is 0 Å². The first-order chi connectivity index (χ1) is 6.35. The van der Waals surface area contributed by atoms with E-state index in [0.29, 0.717) is 0 Å². The van der Waals surface area contributed by atoms with Crippen molar-refractivity contribution in [2.75, 3.05) is 13.1 Å². The highest BCUT2D eigenvalue weighted by Crippen LogP contribution is 2.10. The first kappa shape index (κ1) is 13.0. The Hall–Kier alpha value is -0.0400. The van der Waals surface area contributed by atoms with E-state index < -0.39 is 0 Å². The van der Waals surface area contributed by atoms with Crippen molar-refractivity contribution in [1.29, 1.82) is 0 Å². The van der Waals surface area contributed by atoms with E-state index in [2.05, 4.69) is 26.1 Å². The van der Waals surface area contributed by atoms with Crippen LogP contribution in [0.3, 0.4) is 0 Å². The summed E-state index contributed by atoms with van der Waals surface area (Å²) >= 11 is 0. The topological polar surface area (TPSA) is 12.0 Å². The number of unbranched alkanes of at least 4 members (excludes halogenated alkanes) is 2. The maximum atomic E-state index is 3.55. The lowest BCUT2D eigenvalue weighted by molar-refractivity contribution is 0.418. The Labute approximate surface area is 84.3 Å². The van der Waals surface area contributed by atoms with Crippen LogP contribution in [-0.2, 0) is 0 Å². The van der Waals surface area contributed by atoms with Crippen molar-refractivity contribution in [3.8, 4) is 0 Å². The highest BCUT2D eigenvalue weighted by Gasteiger charge is 2.03. The second-order valence-electron chi connectivity index (χ2n) is 3.97. The van der Waals surface area contributed by atoms with Crippen LogP contribution in [0.15, 0.2) is 0 Å². The van der Waals surface area contributed by atoms with Crippen LogP contribution in [0.2, 0.25) is 0 Å². The molecule has 1 N–H and O–H groups in total. The highest BCUT2D eigenvalue weighted by molar-refractivity contribution is 4.60. The molecule has 0 aliphatic carbocycles. The van der Waals surface area contributed by atoms with Crippen molar-refractivity contribution in [3.63, 3.8) is 0 Å². The normalized spacial score (nSPS) is 13.2. The minimum atomic E-state index is 0.914. The van der Waals surface area contributed by atoms with E-state index in [1.165, 1.54) is 51.6 Å². The van der Waals surface area contributed by atoms with Gasteiger partial charge in [0.1, 0.15) is 0 Å². The molecule has 1 heteroatoms. The molecule has 0 aliphatic rings. The standard InChI is InChI=1S/C12H27N/c1-4-7-9-12(6-3)11-13-10-8-5-2/h12-13H,4-11H2,1-3H3. The van der Waals surface area contributed by atoms with Gasteiger partial charge in [0.2, 0.25) is 0 Å². The van der Waals surface area contributed by atoms with E-state index in [0.717, 1.165) is 5.92 Å². The molecule has 0 aliphatic heterocycles. The zero-order valence-electron chi connectivity index (χ0n) is 9.73. The third-order valence-electron chi connectivity index (χ3n) is 2.68. The molecule has 0 spiro atoms. The SMILES string of the molecule is CCCCNCC(CC)CCCC. The number of hydrogen-bond acceptors (Lipinski definition) is 1. The van der Waals surface area contributed by atoms with E-state index in [1.807, 2.05) is 0 Å². The number of rotatable bonds is 9. The molecule has 0 aromatic carbocycles. The Balaban J connectivity index is 3.25. The van der Waals surface area contributed by atoms with Gasteiger partial charge in [0.15, 0.2) is 0 Å². The van der Waals surface area contributed by atoms with Gasteiger partial charge in [0.25, 0.3) is 0 Å². The molecule has 0 aromatic heterocycles. The second kappa shape index (κ2) is 10.0. The zero-order chi connectivity index (χ0) is 9.94. The maximum absolute atomic E-state index is 3.55. The minimum absolute atomic E-state index is 0.914. The van der Waals surface area contributed by atoms with Crippen LogP contribution in [0.4, 0.5) is 0 Å². The Morgan fingerprint density at radius 3 is 2.23 bits per heavy atom. The van der Waals surface area contributed by atoms with E-state index in [1.54, 1.807) is 0 Å². The molecule has 0 rings (SSSR count). The molecule has 80 valence electrons. The van der Waals surface area contributed by atoms with Gasteiger partial charge >= 0.3 is 0 Å². The molecule has 1 nitrogen and oxygen atoms in total. The van der Waals surface area contributed by atoms with Crippen LogP contribution < -0.4 is 5.32 Å². The molecule has 0 saturated heterocycles. The van der Waals surface area contributed by atoms with Crippen molar-refractivity contribution in [2.24, 2.45) is 5.92 Å². The Kier molecular flexibility index (Phi) is 10.0. The maximum Gasteiger partial charge on any atom is -0.00206 e. The van der Waals surface area contributed by atoms with Crippen molar-refractivity contribution in [1.82, 2.24) is 5.32 Å². The fourth-order valence-electron chi connectivity index (χ4n) is 1.55. The van der Waals surface area contributed by atoms with Gasteiger partial charge in [-0.2, -0.15) is 0 Å². The third-order valence-corrected chi connectivity index (χ3v) is 2.68. The van der Waals surface area contributed by atoms with Crippen LogP contribution in [-0.4, -0.2) is 13.1 Å². The van der Waals surface area contributed by atoms with Crippen LogP contribution in [0.25, 0.3) is 0 Å². The lowest BCUT2D eigenvalue weighted by Gasteiger charge is -2.14. The molecule has 13 heavy (non-hydrogen) atoms. The van der Waals surface area contributed by atoms with Gasteiger partial charge in [0, 0.05) is 0 Å². The quantitative estimate of drug-likeness (QED) is 0.541. The molecule has 1 atom stereocenters. The van der Waals surface area contributed by atoms with Crippen molar-refractivity contribution in [3.05, 3.63) is 0 Å². The molecule has 0 saturated carbocycles. The fourth-order valence-corrected chi connectivity index (χ4v) is 1.55. The molecule has 0 aromatic rings. The summed E-state index contributed by atoms with van der Waals surface area (Å²) in [6.45, 7) is 9.27. The molecular formula is C12H27N. The average molecular weight is 185 g/mol. The van der Waals surface area contributed by atoms with E-state index in [9.17, 15) is 0 Å². The van der Waals surface area contributed by atoms with Crippen LogP contribution in [0.5, 0.6) is 0 Å². The summed E-state index contributed by atoms with van der Waals surface area (Å²) in [4.78, 5) is 0. The molecular weight excluding hydrogens is 158 g/mol. The second-order valence-corrected chi connectivity index (χ2v) is 3.97. The summed E-state index contributed by atoms with van der Waals surface area (Å²) in [5.41, 5.74) is 0. The zero-order valence-corrected chi connectivity index (χ0v) is 9.73. The van der Waals surface area contributed by atoms with Gasteiger partial charge in [-0.1, -0.05) is 46.5 Å². The van der Waals surface area contributed by atoms with E-state index >= 15 is 0 Å². The van der Waals surface area contributed by atoms with Gasteiger partial charge in [-0.3, -0.25) is 0 Å². The van der Waals surface area contributed by atoms with Crippen LogP contribution >= 0.6 is 0 Å². The summed E-state index contributed by atoms with van der Waals surface area (Å²) in [7, 11) is 0. The number of nitrogens with one attached hydrogen (secondary N) is 1.